The summed E-state index contributed by atoms with van der Waals surface area (Å²) in [5, 5.41) is 4.11. The Bertz CT molecular complexity index is 581. The summed E-state index contributed by atoms with van der Waals surface area (Å²) >= 11 is 0. The predicted molar refractivity (Wildman–Crippen MR) is 75.0 cm³/mol. The minimum Gasteiger partial charge on any atom is -0.340 e. The molecule has 5 heteroatoms. The molecular formula is C15H20N4O. The minimum absolute atomic E-state index is 0.273. The fourth-order valence-corrected chi connectivity index (χ4v) is 2.86. The van der Waals surface area contributed by atoms with Gasteiger partial charge < -0.3 is 4.52 Å². The minimum atomic E-state index is 0.273. The number of likely N-dealkylation sites (tertiary alicyclic amines) is 1. The van der Waals surface area contributed by atoms with E-state index in [1.165, 1.54) is 18.4 Å². The third-order valence-corrected chi connectivity index (χ3v) is 3.80. The van der Waals surface area contributed by atoms with Crippen LogP contribution in [0.25, 0.3) is 0 Å². The molecule has 3 rings (SSSR count). The molecule has 20 heavy (non-hydrogen) atoms. The molecule has 0 amide bonds. The molecule has 1 unspecified atom stereocenters. The van der Waals surface area contributed by atoms with Crippen molar-refractivity contribution in [3.05, 3.63) is 41.3 Å². The van der Waals surface area contributed by atoms with Crippen molar-refractivity contribution >= 4 is 0 Å². The summed E-state index contributed by atoms with van der Waals surface area (Å²) in [6, 6.07) is 4.50. The topological polar surface area (TPSA) is 55.1 Å². The molecule has 0 aromatic carbocycles. The number of piperidine rings is 1. The molecule has 1 aliphatic rings. The smallest absolute Gasteiger partial charge is 0.223 e. The fourth-order valence-electron chi connectivity index (χ4n) is 2.86. The molecule has 0 saturated carbocycles. The standard InChI is InChI=1S/C15H20N4O/c1-11-9-13(6-7-16-11)10-19-8-4-3-5-14(19)15-17-12(2)20-18-15/h6-7,9,14H,3-5,8,10H2,1-2H3. The largest absolute Gasteiger partial charge is 0.340 e. The van der Waals surface area contributed by atoms with Crippen molar-refractivity contribution in [3.63, 3.8) is 0 Å². The maximum Gasteiger partial charge on any atom is 0.223 e. The molecule has 0 radical (unpaired) electrons. The lowest BCUT2D eigenvalue weighted by atomic mass is 10.0. The Kier molecular flexibility index (Phi) is 3.78. The highest BCUT2D eigenvalue weighted by Gasteiger charge is 2.27. The summed E-state index contributed by atoms with van der Waals surface area (Å²) in [4.78, 5) is 11.1. The second kappa shape index (κ2) is 5.71. The van der Waals surface area contributed by atoms with E-state index in [2.05, 4.69) is 32.2 Å². The lowest BCUT2D eigenvalue weighted by Crippen LogP contribution is -2.33. The molecule has 1 aliphatic heterocycles. The Morgan fingerprint density at radius 2 is 2.25 bits per heavy atom. The summed E-state index contributed by atoms with van der Waals surface area (Å²) in [5.41, 5.74) is 2.36. The van der Waals surface area contributed by atoms with Crippen LogP contribution in [0.1, 0.15) is 48.3 Å². The number of pyridine rings is 1. The van der Waals surface area contributed by atoms with E-state index in [9.17, 15) is 0 Å². The molecule has 0 aliphatic carbocycles. The first-order valence-corrected chi connectivity index (χ1v) is 7.18. The lowest BCUT2D eigenvalue weighted by Gasteiger charge is -2.33. The van der Waals surface area contributed by atoms with Crippen LogP contribution in [0.2, 0.25) is 0 Å². The summed E-state index contributed by atoms with van der Waals surface area (Å²) in [7, 11) is 0. The van der Waals surface area contributed by atoms with Gasteiger partial charge in [-0.25, -0.2) is 0 Å². The molecule has 1 saturated heterocycles. The van der Waals surface area contributed by atoms with Gasteiger partial charge in [-0.1, -0.05) is 11.6 Å². The second-order valence-electron chi connectivity index (χ2n) is 5.46. The first kappa shape index (κ1) is 13.2. The van der Waals surface area contributed by atoms with Gasteiger partial charge in [-0.3, -0.25) is 9.88 Å². The predicted octanol–water partition coefficient (Wildman–Crippen LogP) is 2.81. The molecule has 0 N–H and O–H groups in total. The number of hydrogen-bond donors (Lipinski definition) is 0. The lowest BCUT2D eigenvalue weighted by molar-refractivity contribution is 0.131. The van der Waals surface area contributed by atoms with Crippen molar-refractivity contribution < 1.29 is 4.52 Å². The highest BCUT2D eigenvalue weighted by atomic mass is 16.5. The molecule has 1 atom stereocenters. The zero-order chi connectivity index (χ0) is 13.9. The molecule has 0 bridgehead atoms. The van der Waals surface area contributed by atoms with Crippen molar-refractivity contribution in [2.24, 2.45) is 0 Å². The van der Waals surface area contributed by atoms with Crippen LogP contribution in [0.5, 0.6) is 0 Å². The van der Waals surface area contributed by atoms with Crippen LogP contribution in [-0.4, -0.2) is 26.6 Å². The first-order chi connectivity index (χ1) is 9.72. The quantitative estimate of drug-likeness (QED) is 0.860. The first-order valence-electron chi connectivity index (χ1n) is 7.18. The zero-order valence-electron chi connectivity index (χ0n) is 12.0. The van der Waals surface area contributed by atoms with Gasteiger partial charge in [0.05, 0.1) is 6.04 Å². The van der Waals surface area contributed by atoms with Crippen LogP contribution in [0.15, 0.2) is 22.9 Å². The van der Waals surface area contributed by atoms with Gasteiger partial charge in [-0.05, 0) is 44.0 Å². The molecule has 5 nitrogen and oxygen atoms in total. The van der Waals surface area contributed by atoms with Gasteiger partial charge in [-0.15, -0.1) is 0 Å². The summed E-state index contributed by atoms with van der Waals surface area (Å²) in [5.74, 6) is 1.47. The van der Waals surface area contributed by atoms with E-state index in [1.807, 2.05) is 20.0 Å². The summed E-state index contributed by atoms with van der Waals surface area (Å²) < 4.78 is 5.14. The Balaban J connectivity index is 1.79. The molecule has 106 valence electrons. The monoisotopic (exact) mass is 272 g/mol. The number of hydrogen-bond acceptors (Lipinski definition) is 5. The van der Waals surface area contributed by atoms with Crippen LogP contribution in [-0.2, 0) is 6.54 Å². The van der Waals surface area contributed by atoms with Gasteiger partial charge in [0.25, 0.3) is 0 Å². The number of aryl methyl sites for hydroxylation is 2. The highest BCUT2D eigenvalue weighted by Crippen LogP contribution is 2.30. The van der Waals surface area contributed by atoms with E-state index in [-0.39, 0.29) is 6.04 Å². The van der Waals surface area contributed by atoms with Crippen LogP contribution in [0.4, 0.5) is 0 Å². The van der Waals surface area contributed by atoms with Crippen molar-refractivity contribution in [2.75, 3.05) is 6.54 Å². The fraction of sp³-hybridized carbons (Fsp3) is 0.533. The van der Waals surface area contributed by atoms with E-state index in [0.29, 0.717) is 5.89 Å². The highest BCUT2D eigenvalue weighted by molar-refractivity contribution is 5.15. The number of nitrogens with zero attached hydrogens (tertiary/aromatic N) is 4. The Labute approximate surface area is 119 Å². The van der Waals surface area contributed by atoms with Gasteiger partial charge in [-0.2, -0.15) is 4.98 Å². The maximum absolute atomic E-state index is 5.14. The average Bonchev–Trinajstić information content (AvgIpc) is 2.86. The SMILES string of the molecule is Cc1cc(CN2CCCCC2c2noc(C)n2)ccn1. The molecule has 2 aromatic rings. The summed E-state index contributed by atoms with van der Waals surface area (Å²) in [6.07, 6.45) is 5.44. The normalized spacial score (nSPS) is 20.2. The number of rotatable bonds is 3. The molecule has 0 spiro atoms. The molecule has 2 aromatic heterocycles. The van der Waals surface area contributed by atoms with Crippen LogP contribution >= 0.6 is 0 Å². The van der Waals surface area contributed by atoms with E-state index >= 15 is 0 Å². The van der Waals surface area contributed by atoms with Crippen molar-refractivity contribution in [2.45, 2.75) is 45.7 Å². The Morgan fingerprint density at radius 1 is 1.35 bits per heavy atom. The maximum atomic E-state index is 5.14. The van der Waals surface area contributed by atoms with Crippen molar-refractivity contribution in [1.82, 2.24) is 20.0 Å². The van der Waals surface area contributed by atoms with E-state index in [1.54, 1.807) is 0 Å². The van der Waals surface area contributed by atoms with E-state index in [4.69, 9.17) is 4.52 Å². The van der Waals surface area contributed by atoms with E-state index in [0.717, 1.165) is 31.0 Å². The zero-order valence-corrected chi connectivity index (χ0v) is 12.0. The van der Waals surface area contributed by atoms with Gasteiger partial charge >= 0.3 is 0 Å². The van der Waals surface area contributed by atoms with Gasteiger partial charge in [0, 0.05) is 25.4 Å². The van der Waals surface area contributed by atoms with Gasteiger partial charge in [0.1, 0.15) is 0 Å². The third-order valence-electron chi connectivity index (χ3n) is 3.80. The molecule has 3 heterocycles. The van der Waals surface area contributed by atoms with Crippen LogP contribution in [0, 0.1) is 13.8 Å². The van der Waals surface area contributed by atoms with E-state index < -0.39 is 0 Å². The van der Waals surface area contributed by atoms with Crippen molar-refractivity contribution in [1.29, 1.82) is 0 Å². The second-order valence-corrected chi connectivity index (χ2v) is 5.46. The van der Waals surface area contributed by atoms with Crippen LogP contribution in [0.3, 0.4) is 0 Å². The van der Waals surface area contributed by atoms with Crippen molar-refractivity contribution in [3.8, 4) is 0 Å². The van der Waals surface area contributed by atoms with Gasteiger partial charge in [0.2, 0.25) is 5.89 Å². The van der Waals surface area contributed by atoms with Crippen LogP contribution < -0.4 is 0 Å². The summed E-state index contributed by atoms with van der Waals surface area (Å²) in [6.45, 7) is 5.87. The molecular weight excluding hydrogens is 252 g/mol. The van der Waals surface area contributed by atoms with Gasteiger partial charge in [0.15, 0.2) is 5.82 Å². The number of aromatic nitrogens is 3. The Morgan fingerprint density at radius 3 is 3.00 bits per heavy atom. The average molecular weight is 272 g/mol. The molecule has 1 fully saturated rings. The third kappa shape index (κ3) is 2.88. The Hall–Kier alpha value is -1.75.